The maximum Gasteiger partial charge on any atom is 0.340 e. The van der Waals surface area contributed by atoms with E-state index in [4.69, 9.17) is 16.3 Å². The summed E-state index contributed by atoms with van der Waals surface area (Å²) in [5.74, 6) is -1.02. The number of carbonyl (C=O) groups is 2. The van der Waals surface area contributed by atoms with Gasteiger partial charge in [-0.15, -0.1) is 0 Å². The van der Waals surface area contributed by atoms with Gasteiger partial charge in [-0.05, 0) is 50.1 Å². The van der Waals surface area contributed by atoms with Crippen LogP contribution in [0.15, 0.2) is 42.5 Å². The Bertz CT molecular complexity index is 743. The number of amides is 1. The van der Waals surface area contributed by atoms with Crippen LogP contribution in [-0.4, -0.2) is 18.0 Å². The van der Waals surface area contributed by atoms with Crippen LogP contribution in [0, 0.1) is 13.8 Å². The zero-order valence-corrected chi connectivity index (χ0v) is 14.0. The van der Waals surface area contributed by atoms with Crippen molar-refractivity contribution in [3.63, 3.8) is 0 Å². The second kappa shape index (κ2) is 7.29. The van der Waals surface area contributed by atoms with Gasteiger partial charge in [-0.2, -0.15) is 0 Å². The lowest BCUT2D eigenvalue weighted by Gasteiger charge is -2.15. The molecule has 0 aliphatic heterocycles. The van der Waals surface area contributed by atoms with E-state index >= 15 is 0 Å². The molecule has 0 bridgehead atoms. The lowest BCUT2D eigenvalue weighted by atomic mass is 10.1. The molecular weight excluding hydrogens is 314 g/mol. The highest BCUT2D eigenvalue weighted by Gasteiger charge is 2.21. The Morgan fingerprint density at radius 3 is 2.48 bits per heavy atom. The number of hydrogen-bond acceptors (Lipinski definition) is 3. The molecule has 0 saturated heterocycles. The van der Waals surface area contributed by atoms with E-state index in [0.29, 0.717) is 10.7 Å². The van der Waals surface area contributed by atoms with Crippen LogP contribution in [0.25, 0.3) is 0 Å². The van der Waals surface area contributed by atoms with E-state index in [-0.39, 0.29) is 11.5 Å². The SMILES string of the molecule is Cc1cccc(NC(=O)C(C)OC(=O)c2ccccc2Cl)c1C. The molecular formula is C18H18ClNO3. The van der Waals surface area contributed by atoms with E-state index < -0.39 is 12.1 Å². The van der Waals surface area contributed by atoms with Gasteiger partial charge in [0.05, 0.1) is 10.6 Å². The number of ether oxygens (including phenoxy) is 1. The quantitative estimate of drug-likeness (QED) is 0.857. The van der Waals surface area contributed by atoms with Crippen LogP contribution in [-0.2, 0) is 9.53 Å². The van der Waals surface area contributed by atoms with E-state index in [1.54, 1.807) is 24.3 Å². The van der Waals surface area contributed by atoms with Crippen molar-refractivity contribution in [2.45, 2.75) is 26.9 Å². The molecule has 2 rings (SSSR count). The first-order valence-electron chi connectivity index (χ1n) is 7.22. The maximum absolute atomic E-state index is 12.2. The number of anilines is 1. The predicted octanol–water partition coefficient (Wildman–Crippen LogP) is 4.14. The highest BCUT2D eigenvalue weighted by Crippen LogP contribution is 2.19. The molecule has 0 aliphatic carbocycles. The van der Waals surface area contributed by atoms with Crippen LogP contribution >= 0.6 is 11.6 Å². The first-order valence-corrected chi connectivity index (χ1v) is 7.60. The van der Waals surface area contributed by atoms with Gasteiger partial charge in [0.2, 0.25) is 0 Å². The van der Waals surface area contributed by atoms with Gasteiger partial charge >= 0.3 is 5.97 Å². The zero-order chi connectivity index (χ0) is 17.0. The molecule has 0 aromatic heterocycles. The number of hydrogen-bond donors (Lipinski definition) is 1. The van der Waals surface area contributed by atoms with Crippen molar-refractivity contribution in [1.82, 2.24) is 0 Å². The lowest BCUT2D eigenvalue weighted by molar-refractivity contribution is -0.123. The van der Waals surface area contributed by atoms with Crippen LogP contribution in [0.5, 0.6) is 0 Å². The van der Waals surface area contributed by atoms with E-state index in [1.165, 1.54) is 6.92 Å². The van der Waals surface area contributed by atoms with Crippen LogP contribution in [0.2, 0.25) is 5.02 Å². The molecule has 120 valence electrons. The van der Waals surface area contributed by atoms with Gasteiger partial charge in [-0.1, -0.05) is 35.9 Å². The Labute approximate surface area is 140 Å². The Balaban J connectivity index is 2.04. The normalized spacial score (nSPS) is 11.7. The van der Waals surface area contributed by atoms with E-state index in [2.05, 4.69) is 5.32 Å². The zero-order valence-electron chi connectivity index (χ0n) is 13.2. The van der Waals surface area contributed by atoms with Gasteiger partial charge in [0.1, 0.15) is 0 Å². The molecule has 0 saturated carbocycles. The minimum atomic E-state index is -0.932. The van der Waals surface area contributed by atoms with Gasteiger partial charge in [0, 0.05) is 5.69 Å². The molecule has 2 aromatic carbocycles. The molecule has 23 heavy (non-hydrogen) atoms. The summed E-state index contributed by atoms with van der Waals surface area (Å²) in [6, 6.07) is 12.2. The second-order valence-electron chi connectivity index (χ2n) is 5.26. The molecule has 1 atom stereocenters. The molecule has 0 heterocycles. The van der Waals surface area contributed by atoms with Crippen molar-refractivity contribution >= 4 is 29.2 Å². The number of nitrogens with one attached hydrogen (secondary N) is 1. The van der Waals surface area contributed by atoms with Gasteiger partial charge in [0.25, 0.3) is 5.91 Å². The fraction of sp³-hybridized carbons (Fsp3) is 0.222. The van der Waals surface area contributed by atoms with E-state index in [1.807, 2.05) is 32.0 Å². The molecule has 0 spiro atoms. The molecule has 1 unspecified atom stereocenters. The summed E-state index contributed by atoms with van der Waals surface area (Å²) in [5, 5.41) is 3.06. The Morgan fingerprint density at radius 1 is 1.09 bits per heavy atom. The van der Waals surface area contributed by atoms with Crippen LogP contribution in [0.3, 0.4) is 0 Å². The molecule has 0 radical (unpaired) electrons. The molecule has 0 aliphatic rings. The van der Waals surface area contributed by atoms with Gasteiger partial charge in [-0.3, -0.25) is 4.79 Å². The highest BCUT2D eigenvalue weighted by atomic mass is 35.5. The monoisotopic (exact) mass is 331 g/mol. The first-order chi connectivity index (χ1) is 10.9. The topological polar surface area (TPSA) is 55.4 Å². The van der Waals surface area contributed by atoms with Gasteiger partial charge in [-0.25, -0.2) is 4.79 Å². The summed E-state index contributed by atoms with van der Waals surface area (Å²) < 4.78 is 5.19. The lowest BCUT2D eigenvalue weighted by Crippen LogP contribution is -2.30. The molecule has 1 amide bonds. The van der Waals surface area contributed by atoms with E-state index in [9.17, 15) is 9.59 Å². The Kier molecular flexibility index (Phi) is 5.40. The highest BCUT2D eigenvalue weighted by molar-refractivity contribution is 6.33. The third-order valence-corrected chi connectivity index (χ3v) is 3.94. The Hall–Kier alpha value is -2.33. The number of halogens is 1. The molecule has 1 N–H and O–H groups in total. The maximum atomic E-state index is 12.2. The summed E-state index contributed by atoms with van der Waals surface area (Å²) in [4.78, 5) is 24.3. The summed E-state index contributed by atoms with van der Waals surface area (Å²) >= 11 is 5.95. The van der Waals surface area contributed by atoms with Crippen molar-refractivity contribution in [2.75, 3.05) is 5.32 Å². The smallest absolute Gasteiger partial charge is 0.340 e. The third kappa shape index (κ3) is 4.11. The molecule has 4 nitrogen and oxygen atoms in total. The average Bonchev–Trinajstić information content (AvgIpc) is 2.52. The fourth-order valence-electron chi connectivity index (χ4n) is 2.03. The second-order valence-corrected chi connectivity index (χ2v) is 5.67. The van der Waals surface area contributed by atoms with Crippen molar-refractivity contribution in [2.24, 2.45) is 0 Å². The number of carbonyl (C=O) groups excluding carboxylic acids is 2. The summed E-state index contributed by atoms with van der Waals surface area (Å²) in [5.41, 5.74) is 2.99. The van der Waals surface area contributed by atoms with Crippen molar-refractivity contribution < 1.29 is 14.3 Å². The van der Waals surface area contributed by atoms with Crippen LogP contribution < -0.4 is 5.32 Å². The standard InChI is InChI=1S/C18H18ClNO3/c1-11-7-6-10-16(12(11)2)20-17(21)13(3)23-18(22)14-8-4-5-9-15(14)19/h4-10,13H,1-3H3,(H,20,21). The molecule has 2 aromatic rings. The number of aryl methyl sites for hydroxylation is 1. The van der Waals surface area contributed by atoms with Gasteiger partial charge < -0.3 is 10.1 Å². The van der Waals surface area contributed by atoms with E-state index in [0.717, 1.165) is 11.1 Å². The minimum absolute atomic E-state index is 0.237. The average molecular weight is 332 g/mol. The third-order valence-electron chi connectivity index (χ3n) is 3.61. The first kappa shape index (κ1) is 17.0. The number of esters is 1. The van der Waals surface area contributed by atoms with Gasteiger partial charge in [0.15, 0.2) is 6.10 Å². The Morgan fingerprint density at radius 2 is 1.78 bits per heavy atom. The predicted molar refractivity (Wildman–Crippen MR) is 90.9 cm³/mol. The summed E-state index contributed by atoms with van der Waals surface area (Å²) in [7, 11) is 0. The molecule has 0 fully saturated rings. The number of benzene rings is 2. The summed E-state index contributed by atoms with van der Waals surface area (Å²) in [6.07, 6.45) is -0.932. The summed E-state index contributed by atoms with van der Waals surface area (Å²) in [6.45, 7) is 5.41. The fourth-order valence-corrected chi connectivity index (χ4v) is 2.24. The molecule has 5 heteroatoms. The van der Waals surface area contributed by atoms with Crippen LogP contribution in [0.1, 0.15) is 28.4 Å². The van der Waals surface area contributed by atoms with Crippen LogP contribution in [0.4, 0.5) is 5.69 Å². The van der Waals surface area contributed by atoms with Crippen molar-refractivity contribution in [3.8, 4) is 0 Å². The largest absolute Gasteiger partial charge is 0.449 e. The van der Waals surface area contributed by atoms with Crippen molar-refractivity contribution in [1.29, 1.82) is 0 Å². The minimum Gasteiger partial charge on any atom is -0.449 e. The van der Waals surface area contributed by atoms with Crippen molar-refractivity contribution in [3.05, 3.63) is 64.2 Å². The number of rotatable bonds is 4.